The minimum Gasteiger partial charge on any atom is -0.311 e. The number of hydrogen-bond donors (Lipinski definition) is 1. The lowest BCUT2D eigenvalue weighted by Gasteiger charge is -2.18. The Kier molecular flexibility index (Phi) is 2.64. The molecular formula is C10H16N2O2. The monoisotopic (exact) mass is 196 g/mol. The van der Waals surface area contributed by atoms with Crippen LogP contribution in [-0.4, -0.2) is 9.55 Å². The van der Waals surface area contributed by atoms with E-state index < -0.39 is 0 Å². The second kappa shape index (κ2) is 3.44. The summed E-state index contributed by atoms with van der Waals surface area (Å²) in [6, 6.07) is 1.49. The van der Waals surface area contributed by atoms with E-state index in [-0.39, 0.29) is 16.7 Å². The molecule has 0 aromatic carbocycles. The van der Waals surface area contributed by atoms with Crippen molar-refractivity contribution in [2.45, 2.75) is 39.7 Å². The number of H-pyrrole nitrogens is 1. The Morgan fingerprint density at radius 2 is 1.93 bits per heavy atom. The van der Waals surface area contributed by atoms with Gasteiger partial charge < -0.3 is 4.98 Å². The molecule has 0 bridgehead atoms. The highest BCUT2D eigenvalue weighted by molar-refractivity contribution is 5.10. The van der Waals surface area contributed by atoms with Crippen molar-refractivity contribution in [1.29, 1.82) is 0 Å². The molecule has 78 valence electrons. The molecule has 0 aliphatic carbocycles. The van der Waals surface area contributed by atoms with Crippen LogP contribution in [0.2, 0.25) is 0 Å². The fourth-order valence-electron chi connectivity index (χ4n) is 1.22. The third-order valence-electron chi connectivity index (χ3n) is 2.14. The summed E-state index contributed by atoms with van der Waals surface area (Å²) in [7, 11) is 0. The molecule has 4 nitrogen and oxygen atoms in total. The highest BCUT2D eigenvalue weighted by Crippen LogP contribution is 2.16. The Hall–Kier alpha value is -1.32. The molecule has 4 heteroatoms. The van der Waals surface area contributed by atoms with E-state index in [0.717, 1.165) is 0 Å². The van der Waals surface area contributed by atoms with Gasteiger partial charge in [-0.3, -0.25) is 9.36 Å². The molecule has 1 heterocycles. The molecule has 1 rings (SSSR count). The van der Waals surface area contributed by atoms with E-state index in [9.17, 15) is 9.59 Å². The minimum atomic E-state index is -0.329. The van der Waals surface area contributed by atoms with Crippen molar-refractivity contribution in [3.63, 3.8) is 0 Å². The lowest BCUT2D eigenvalue weighted by atomic mass is 9.92. The number of hydrogen-bond acceptors (Lipinski definition) is 2. The molecule has 1 aromatic rings. The highest BCUT2D eigenvalue weighted by Gasteiger charge is 2.16. The number of aromatic amines is 1. The molecule has 0 fully saturated rings. The van der Waals surface area contributed by atoms with Crippen molar-refractivity contribution >= 4 is 0 Å². The molecule has 0 amide bonds. The second-order valence-corrected chi connectivity index (χ2v) is 4.32. The van der Waals surface area contributed by atoms with Gasteiger partial charge in [-0.05, 0) is 6.92 Å². The predicted octanol–water partition coefficient (Wildman–Crippen LogP) is 0.854. The van der Waals surface area contributed by atoms with Crippen molar-refractivity contribution in [2.24, 2.45) is 0 Å². The molecule has 1 N–H and O–H groups in total. The van der Waals surface area contributed by atoms with E-state index in [1.165, 1.54) is 10.6 Å². The summed E-state index contributed by atoms with van der Waals surface area (Å²) in [5.74, 6) is 0. The van der Waals surface area contributed by atoms with Gasteiger partial charge in [0.1, 0.15) is 0 Å². The fourth-order valence-corrected chi connectivity index (χ4v) is 1.22. The molecule has 0 saturated heterocycles. The Bertz CT molecular complexity index is 403. The molecule has 0 aliphatic heterocycles. The highest BCUT2D eigenvalue weighted by atomic mass is 16.2. The standard InChI is InChI=1S/C10H16N2O2/c1-5-12-8(13)6-7(10(2,3)4)11-9(12)14/h6H,5H2,1-4H3,(H,11,14). The number of rotatable bonds is 1. The summed E-state index contributed by atoms with van der Waals surface area (Å²) in [5.41, 5.74) is -0.0891. The van der Waals surface area contributed by atoms with Crippen molar-refractivity contribution < 1.29 is 0 Å². The zero-order valence-electron chi connectivity index (χ0n) is 9.05. The first-order valence-electron chi connectivity index (χ1n) is 4.71. The van der Waals surface area contributed by atoms with E-state index in [4.69, 9.17) is 0 Å². The smallest absolute Gasteiger partial charge is 0.311 e. The van der Waals surface area contributed by atoms with E-state index >= 15 is 0 Å². The van der Waals surface area contributed by atoms with E-state index in [0.29, 0.717) is 12.2 Å². The predicted molar refractivity (Wildman–Crippen MR) is 55.7 cm³/mol. The van der Waals surface area contributed by atoms with E-state index in [1.807, 2.05) is 20.8 Å². The summed E-state index contributed by atoms with van der Waals surface area (Å²) >= 11 is 0. The van der Waals surface area contributed by atoms with Crippen LogP contribution < -0.4 is 11.2 Å². The summed E-state index contributed by atoms with van der Waals surface area (Å²) in [4.78, 5) is 25.6. The van der Waals surface area contributed by atoms with Crippen molar-refractivity contribution in [3.8, 4) is 0 Å². The molecule has 0 aliphatic rings. The normalized spacial score (nSPS) is 11.7. The van der Waals surface area contributed by atoms with Crippen LogP contribution >= 0.6 is 0 Å². The van der Waals surface area contributed by atoms with Crippen LogP contribution in [0.15, 0.2) is 15.7 Å². The van der Waals surface area contributed by atoms with Gasteiger partial charge in [-0.2, -0.15) is 0 Å². The maximum absolute atomic E-state index is 11.5. The molecule has 0 spiro atoms. The third-order valence-corrected chi connectivity index (χ3v) is 2.14. The summed E-state index contributed by atoms with van der Waals surface area (Å²) < 4.78 is 1.18. The Labute approximate surface area is 82.6 Å². The molecule has 14 heavy (non-hydrogen) atoms. The first kappa shape index (κ1) is 10.8. The van der Waals surface area contributed by atoms with Gasteiger partial charge in [0, 0.05) is 23.7 Å². The first-order chi connectivity index (χ1) is 6.36. The lowest BCUT2D eigenvalue weighted by Crippen LogP contribution is -2.37. The Balaban J connectivity index is 3.44. The fraction of sp³-hybridized carbons (Fsp3) is 0.600. The van der Waals surface area contributed by atoms with E-state index in [1.54, 1.807) is 6.92 Å². The maximum atomic E-state index is 11.5. The van der Waals surface area contributed by atoms with Gasteiger partial charge in [-0.15, -0.1) is 0 Å². The summed E-state index contributed by atoms with van der Waals surface area (Å²) in [6.45, 7) is 8.03. The average Bonchev–Trinajstić information content (AvgIpc) is 2.01. The van der Waals surface area contributed by atoms with Crippen LogP contribution in [0.1, 0.15) is 33.4 Å². The summed E-state index contributed by atoms with van der Waals surface area (Å²) in [6.07, 6.45) is 0. The third kappa shape index (κ3) is 1.95. The average molecular weight is 196 g/mol. The zero-order chi connectivity index (χ0) is 10.9. The van der Waals surface area contributed by atoms with Gasteiger partial charge in [0.05, 0.1) is 0 Å². The van der Waals surface area contributed by atoms with Gasteiger partial charge >= 0.3 is 5.69 Å². The molecular weight excluding hydrogens is 180 g/mol. The molecule has 0 unspecified atom stereocenters. The number of aromatic nitrogens is 2. The van der Waals surface area contributed by atoms with Gasteiger partial charge in [0.25, 0.3) is 5.56 Å². The minimum absolute atomic E-state index is 0.203. The van der Waals surface area contributed by atoms with Crippen LogP contribution in [0.3, 0.4) is 0 Å². The van der Waals surface area contributed by atoms with Crippen LogP contribution in [0.5, 0.6) is 0 Å². The molecule has 0 atom stereocenters. The number of nitrogens with zero attached hydrogens (tertiary/aromatic N) is 1. The summed E-state index contributed by atoms with van der Waals surface area (Å²) in [5, 5.41) is 0. The first-order valence-corrected chi connectivity index (χ1v) is 4.71. The molecule has 0 radical (unpaired) electrons. The Morgan fingerprint density at radius 3 is 2.29 bits per heavy atom. The van der Waals surface area contributed by atoms with Crippen molar-refractivity contribution in [3.05, 3.63) is 32.6 Å². The maximum Gasteiger partial charge on any atom is 0.328 e. The largest absolute Gasteiger partial charge is 0.328 e. The van der Waals surface area contributed by atoms with Gasteiger partial charge in [0.15, 0.2) is 0 Å². The van der Waals surface area contributed by atoms with Gasteiger partial charge in [-0.25, -0.2) is 4.79 Å². The lowest BCUT2D eigenvalue weighted by molar-refractivity contribution is 0.547. The second-order valence-electron chi connectivity index (χ2n) is 4.32. The SMILES string of the molecule is CCn1c(=O)cc(C(C)(C)C)[nH]c1=O. The number of nitrogens with one attached hydrogen (secondary N) is 1. The quantitative estimate of drug-likeness (QED) is 0.724. The van der Waals surface area contributed by atoms with Crippen LogP contribution in [0.25, 0.3) is 0 Å². The van der Waals surface area contributed by atoms with Crippen molar-refractivity contribution in [1.82, 2.24) is 9.55 Å². The van der Waals surface area contributed by atoms with Crippen LogP contribution in [0, 0.1) is 0 Å². The zero-order valence-corrected chi connectivity index (χ0v) is 9.05. The van der Waals surface area contributed by atoms with Crippen LogP contribution in [0.4, 0.5) is 0 Å². The van der Waals surface area contributed by atoms with Gasteiger partial charge in [0.2, 0.25) is 0 Å². The van der Waals surface area contributed by atoms with Crippen molar-refractivity contribution in [2.75, 3.05) is 0 Å². The van der Waals surface area contributed by atoms with Crippen LogP contribution in [-0.2, 0) is 12.0 Å². The van der Waals surface area contributed by atoms with Gasteiger partial charge in [-0.1, -0.05) is 20.8 Å². The molecule has 1 aromatic heterocycles. The molecule has 0 saturated carbocycles. The Morgan fingerprint density at radius 1 is 1.36 bits per heavy atom. The topological polar surface area (TPSA) is 54.9 Å². The van der Waals surface area contributed by atoms with E-state index in [2.05, 4.69) is 4.98 Å².